The van der Waals surface area contributed by atoms with Gasteiger partial charge >= 0.3 is 0 Å². The first-order chi connectivity index (χ1) is 19.5. The van der Waals surface area contributed by atoms with Crippen LogP contribution in [0.1, 0.15) is 40.4 Å². The molecule has 40 heavy (non-hydrogen) atoms. The second kappa shape index (κ2) is 12.8. The minimum absolute atomic E-state index is 0.140. The molecule has 8 nitrogen and oxygen atoms in total. The number of rotatable bonds is 9. The number of pyridine rings is 1. The number of likely N-dealkylation sites (N-methyl/N-ethyl adjacent to an activating group) is 1. The van der Waals surface area contributed by atoms with E-state index in [0.717, 1.165) is 68.1 Å². The molecule has 5 rings (SSSR count). The van der Waals surface area contributed by atoms with Gasteiger partial charge in [-0.25, -0.2) is 9.97 Å². The smallest absolute Gasteiger partial charge is 0.255 e. The average Bonchev–Trinajstić information content (AvgIpc) is 2.97. The van der Waals surface area contributed by atoms with E-state index in [2.05, 4.69) is 50.4 Å². The van der Waals surface area contributed by atoms with Gasteiger partial charge in [0.15, 0.2) is 0 Å². The molecule has 2 aromatic heterocycles. The fraction of sp³-hybridized carbons (Fsp3) is 0.312. The molecule has 3 heterocycles. The third-order valence-electron chi connectivity index (χ3n) is 7.25. The van der Waals surface area contributed by atoms with Crippen LogP contribution >= 0.6 is 0 Å². The number of benzene rings is 2. The van der Waals surface area contributed by atoms with Crippen molar-refractivity contribution in [1.29, 1.82) is 0 Å². The van der Waals surface area contributed by atoms with Gasteiger partial charge in [-0.15, -0.1) is 0 Å². The molecule has 0 saturated carbocycles. The Bertz CT molecular complexity index is 1450. The van der Waals surface area contributed by atoms with Gasteiger partial charge in [0.25, 0.3) is 5.91 Å². The summed E-state index contributed by atoms with van der Waals surface area (Å²) in [7, 11) is 2.16. The fourth-order valence-electron chi connectivity index (χ4n) is 4.82. The van der Waals surface area contributed by atoms with E-state index in [1.165, 1.54) is 11.1 Å². The fourth-order valence-corrected chi connectivity index (χ4v) is 4.82. The van der Waals surface area contributed by atoms with Crippen molar-refractivity contribution in [3.8, 4) is 11.3 Å². The summed E-state index contributed by atoms with van der Waals surface area (Å²) in [6.45, 7) is 9.40. The molecular formula is C32H37N7O. The van der Waals surface area contributed by atoms with E-state index < -0.39 is 0 Å². The molecule has 1 saturated heterocycles. The lowest BCUT2D eigenvalue weighted by Crippen LogP contribution is -2.43. The number of carbonyl (C=O) groups excluding carboxylic acids is 1. The summed E-state index contributed by atoms with van der Waals surface area (Å²) in [5.41, 5.74) is 7.36. The Morgan fingerprint density at radius 2 is 1.75 bits per heavy atom. The molecule has 206 valence electrons. The van der Waals surface area contributed by atoms with Crippen molar-refractivity contribution in [2.45, 2.75) is 33.2 Å². The Balaban J connectivity index is 1.24. The molecule has 0 bridgehead atoms. The van der Waals surface area contributed by atoms with Gasteiger partial charge in [-0.2, -0.15) is 0 Å². The van der Waals surface area contributed by atoms with Gasteiger partial charge in [0.1, 0.15) is 0 Å². The van der Waals surface area contributed by atoms with E-state index in [1.54, 1.807) is 6.20 Å². The van der Waals surface area contributed by atoms with Crippen LogP contribution in [0.4, 0.5) is 17.3 Å². The molecule has 1 aliphatic heterocycles. The minimum Gasteiger partial charge on any atom is -0.324 e. The highest BCUT2D eigenvalue weighted by molar-refractivity contribution is 6.04. The van der Waals surface area contributed by atoms with Crippen LogP contribution in [0, 0.1) is 6.92 Å². The van der Waals surface area contributed by atoms with Crippen molar-refractivity contribution in [2.24, 2.45) is 0 Å². The van der Waals surface area contributed by atoms with E-state index in [4.69, 9.17) is 4.98 Å². The van der Waals surface area contributed by atoms with Crippen LogP contribution in [0.25, 0.3) is 11.3 Å². The maximum absolute atomic E-state index is 13.0. The van der Waals surface area contributed by atoms with E-state index >= 15 is 0 Å². The Morgan fingerprint density at radius 3 is 2.52 bits per heavy atom. The molecular weight excluding hydrogens is 498 g/mol. The maximum Gasteiger partial charge on any atom is 0.255 e. The van der Waals surface area contributed by atoms with Crippen molar-refractivity contribution in [2.75, 3.05) is 43.9 Å². The lowest BCUT2D eigenvalue weighted by molar-refractivity contribution is 0.102. The SMILES string of the molecule is CCCc1cncc(-c2ccnc(Nc3cc(NC(=O)c4ccc(CN5CCN(C)CC5)cc4)ccc3C)n2)c1. The van der Waals surface area contributed by atoms with Crippen LogP contribution in [0.15, 0.2) is 73.2 Å². The molecule has 2 N–H and O–H groups in total. The van der Waals surface area contributed by atoms with Crippen molar-refractivity contribution in [1.82, 2.24) is 24.8 Å². The summed E-state index contributed by atoms with van der Waals surface area (Å²) in [5.74, 6) is 0.347. The zero-order valence-electron chi connectivity index (χ0n) is 23.5. The summed E-state index contributed by atoms with van der Waals surface area (Å²) in [4.78, 5) is 31.3. The van der Waals surface area contributed by atoms with Crippen molar-refractivity contribution >= 4 is 23.2 Å². The third kappa shape index (κ3) is 7.08. The molecule has 1 fully saturated rings. The number of anilines is 3. The molecule has 0 aliphatic carbocycles. The highest BCUT2D eigenvalue weighted by Crippen LogP contribution is 2.25. The number of aromatic nitrogens is 3. The number of carbonyl (C=O) groups is 1. The summed E-state index contributed by atoms with van der Waals surface area (Å²) in [6, 6.07) is 17.7. The molecule has 8 heteroatoms. The minimum atomic E-state index is -0.140. The Kier molecular flexibility index (Phi) is 8.78. The van der Waals surface area contributed by atoms with Crippen molar-refractivity contribution in [3.63, 3.8) is 0 Å². The zero-order valence-corrected chi connectivity index (χ0v) is 23.5. The topological polar surface area (TPSA) is 86.3 Å². The summed E-state index contributed by atoms with van der Waals surface area (Å²) in [5, 5.41) is 6.35. The van der Waals surface area contributed by atoms with Crippen LogP contribution in [0.2, 0.25) is 0 Å². The standard InChI is InChI=1S/C32H37N7O/c1-4-5-25-18-27(21-33-20-25)29-12-13-34-32(36-29)37-30-19-28(11-6-23(30)2)35-31(40)26-9-7-24(8-10-26)22-39-16-14-38(3)15-17-39/h6-13,18-21H,4-5,14-17,22H2,1-3H3,(H,35,40)(H,34,36,37). The number of amides is 1. The molecule has 0 atom stereocenters. The van der Waals surface area contributed by atoms with E-state index in [-0.39, 0.29) is 5.91 Å². The summed E-state index contributed by atoms with van der Waals surface area (Å²) < 4.78 is 0. The second-order valence-corrected chi connectivity index (χ2v) is 10.5. The lowest BCUT2D eigenvalue weighted by Gasteiger charge is -2.32. The summed E-state index contributed by atoms with van der Waals surface area (Å²) in [6.07, 6.45) is 7.52. The first-order valence-electron chi connectivity index (χ1n) is 13.9. The molecule has 0 radical (unpaired) electrons. The van der Waals surface area contributed by atoms with Crippen LogP contribution in [-0.2, 0) is 13.0 Å². The third-order valence-corrected chi connectivity index (χ3v) is 7.25. The van der Waals surface area contributed by atoms with Gasteiger partial charge in [-0.3, -0.25) is 14.7 Å². The molecule has 2 aromatic carbocycles. The van der Waals surface area contributed by atoms with Gasteiger partial charge in [0.2, 0.25) is 5.95 Å². The number of hydrogen-bond acceptors (Lipinski definition) is 7. The van der Waals surface area contributed by atoms with Crippen LogP contribution in [-0.4, -0.2) is 63.9 Å². The number of nitrogens with zero attached hydrogens (tertiary/aromatic N) is 5. The molecule has 4 aromatic rings. The summed E-state index contributed by atoms with van der Waals surface area (Å²) >= 11 is 0. The van der Waals surface area contributed by atoms with Crippen molar-refractivity contribution in [3.05, 3.63) is 95.4 Å². The van der Waals surface area contributed by atoms with Gasteiger partial charge in [0, 0.05) is 73.8 Å². The number of hydrogen-bond donors (Lipinski definition) is 2. The van der Waals surface area contributed by atoms with E-state index in [1.807, 2.05) is 67.8 Å². The molecule has 0 unspecified atom stereocenters. The number of nitrogens with one attached hydrogen (secondary N) is 2. The molecule has 1 aliphatic rings. The first kappa shape index (κ1) is 27.4. The monoisotopic (exact) mass is 535 g/mol. The van der Waals surface area contributed by atoms with Crippen LogP contribution in [0.3, 0.4) is 0 Å². The Morgan fingerprint density at radius 1 is 0.950 bits per heavy atom. The Labute approximate surface area is 236 Å². The van der Waals surface area contributed by atoms with E-state index in [9.17, 15) is 4.79 Å². The lowest BCUT2D eigenvalue weighted by atomic mass is 10.1. The van der Waals surface area contributed by atoms with Crippen LogP contribution < -0.4 is 10.6 Å². The van der Waals surface area contributed by atoms with Gasteiger partial charge < -0.3 is 15.5 Å². The largest absolute Gasteiger partial charge is 0.324 e. The quantitative estimate of drug-likeness (QED) is 0.291. The van der Waals surface area contributed by atoms with Crippen molar-refractivity contribution < 1.29 is 4.79 Å². The maximum atomic E-state index is 13.0. The predicted octanol–water partition coefficient (Wildman–Crippen LogP) is 5.54. The van der Waals surface area contributed by atoms with Gasteiger partial charge in [0.05, 0.1) is 5.69 Å². The number of aryl methyl sites for hydroxylation is 2. The zero-order chi connectivity index (χ0) is 27.9. The highest BCUT2D eigenvalue weighted by atomic mass is 16.1. The first-order valence-corrected chi connectivity index (χ1v) is 13.9. The van der Waals surface area contributed by atoms with Gasteiger partial charge in [-0.1, -0.05) is 31.5 Å². The van der Waals surface area contributed by atoms with Gasteiger partial charge in [-0.05, 0) is 73.5 Å². The second-order valence-electron chi connectivity index (χ2n) is 10.5. The molecule has 0 spiro atoms. The Hall–Kier alpha value is -4.14. The van der Waals surface area contributed by atoms with Crippen LogP contribution in [0.5, 0.6) is 0 Å². The molecule has 1 amide bonds. The number of piperazine rings is 1. The average molecular weight is 536 g/mol. The predicted molar refractivity (Wildman–Crippen MR) is 161 cm³/mol. The van der Waals surface area contributed by atoms with E-state index in [0.29, 0.717) is 17.2 Å². The normalized spacial score (nSPS) is 14.2. The highest BCUT2D eigenvalue weighted by Gasteiger charge is 2.14.